The normalized spacial score (nSPS) is 15.8. The molecule has 1 aliphatic heterocycles. The van der Waals surface area contributed by atoms with Crippen LogP contribution in [0.2, 0.25) is 0 Å². The molecule has 0 radical (unpaired) electrons. The molecule has 0 saturated carbocycles. The number of ether oxygens (including phenoxy) is 1. The topological polar surface area (TPSA) is 74.7 Å². The molecule has 2 aromatic carbocycles. The van der Waals surface area contributed by atoms with E-state index in [1.807, 2.05) is 31.2 Å². The summed E-state index contributed by atoms with van der Waals surface area (Å²) < 4.78 is 43.4. The summed E-state index contributed by atoms with van der Waals surface area (Å²) in [5.74, 6) is 0.720. The van der Waals surface area contributed by atoms with Crippen molar-refractivity contribution < 1.29 is 27.8 Å². The molecule has 0 spiro atoms. The van der Waals surface area contributed by atoms with Crippen molar-refractivity contribution in [3.8, 4) is 17.0 Å². The van der Waals surface area contributed by atoms with Gasteiger partial charge in [-0.25, -0.2) is 9.78 Å². The van der Waals surface area contributed by atoms with Crippen molar-refractivity contribution in [3.63, 3.8) is 0 Å². The van der Waals surface area contributed by atoms with E-state index in [-0.39, 0.29) is 18.8 Å². The smallest absolute Gasteiger partial charge is 0.416 e. The molecule has 1 aromatic heterocycles. The molecule has 6 nitrogen and oxygen atoms in total. The van der Waals surface area contributed by atoms with Crippen molar-refractivity contribution in [2.75, 3.05) is 25.5 Å². The van der Waals surface area contributed by atoms with Gasteiger partial charge in [0.05, 0.1) is 18.4 Å². The monoisotopic (exact) mass is 491 g/mol. The first-order chi connectivity index (χ1) is 16.1. The number of nitrogens with one attached hydrogen (secondary N) is 1. The second-order valence-electron chi connectivity index (χ2n) is 8.18. The third-order valence-corrected chi connectivity index (χ3v) is 7.04. The van der Waals surface area contributed by atoms with Gasteiger partial charge in [0.25, 0.3) is 0 Å². The number of nitrogens with zero attached hydrogens (tertiary/aromatic N) is 2. The second kappa shape index (κ2) is 9.27. The Bertz CT molecular complexity index is 1170. The Hall–Kier alpha value is -3.11. The molecule has 0 aliphatic carbocycles. The van der Waals surface area contributed by atoms with Gasteiger partial charge in [0.15, 0.2) is 0 Å². The number of alkyl halides is 3. The van der Waals surface area contributed by atoms with E-state index >= 15 is 0 Å². The van der Waals surface area contributed by atoms with Gasteiger partial charge >= 0.3 is 12.2 Å². The predicted octanol–water partition coefficient (Wildman–Crippen LogP) is 5.66. The highest BCUT2D eigenvalue weighted by Gasteiger charge is 2.38. The van der Waals surface area contributed by atoms with E-state index in [0.717, 1.165) is 34.0 Å². The molecule has 10 heteroatoms. The first kappa shape index (κ1) is 24.0. The molecular formula is C24H24F3N3O3S. The van der Waals surface area contributed by atoms with Crippen LogP contribution >= 0.6 is 11.3 Å². The van der Waals surface area contributed by atoms with E-state index < -0.39 is 23.4 Å². The number of benzene rings is 2. The van der Waals surface area contributed by atoms with Crippen LogP contribution in [-0.4, -0.2) is 41.2 Å². The number of rotatable bonds is 4. The first-order valence-corrected chi connectivity index (χ1v) is 11.5. The van der Waals surface area contributed by atoms with Crippen molar-refractivity contribution in [1.82, 2.24) is 9.88 Å². The fourth-order valence-electron chi connectivity index (χ4n) is 3.87. The summed E-state index contributed by atoms with van der Waals surface area (Å²) >= 11 is 1.43. The van der Waals surface area contributed by atoms with Crippen LogP contribution in [0.15, 0.2) is 48.5 Å². The maximum atomic E-state index is 12.7. The number of thiazole rings is 1. The largest absolute Gasteiger partial charge is 0.497 e. The van der Waals surface area contributed by atoms with Gasteiger partial charge in [0, 0.05) is 42.1 Å². The molecule has 2 amide bonds. The number of carbonyl (C=O) groups excluding carboxylic acids is 1. The van der Waals surface area contributed by atoms with Gasteiger partial charge in [0.1, 0.15) is 16.4 Å². The summed E-state index contributed by atoms with van der Waals surface area (Å²) in [6.45, 7) is 2.53. The zero-order valence-electron chi connectivity index (χ0n) is 18.6. The van der Waals surface area contributed by atoms with Crippen molar-refractivity contribution in [2.45, 2.75) is 31.5 Å². The maximum Gasteiger partial charge on any atom is 0.416 e. The van der Waals surface area contributed by atoms with Gasteiger partial charge in [0.2, 0.25) is 0 Å². The van der Waals surface area contributed by atoms with Gasteiger partial charge in [-0.2, -0.15) is 13.2 Å². The highest BCUT2D eigenvalue weighted by molar-refractivity contribution is 7.12. The average molecular weight is 492 g/mol. The molecule has 0 unspecified atom stereocenters. The summed E-state index contributed by atoms with van der Waals surface area (Å²) in [6, 6.07) is 11.4. The molecule has 0 bridgehead atoms. The highest BCUT2D eigenvalue weighted by Crippen LogP contribution is 2.39. The van der Waals surface area contributed by atoms with Crippen molar-refractivity contribution in [2.24, 2.45) is 0 Å². The number of hydrogen-bond donors (Lipinski definition) is 2. The Morgan fingerprint density at radius 1 is 1.18 bits per heavy atom. The Kier molecular flexibility index (Phi) is 6.55. The minimum atomic E-state index is -4.43. The van der Waals surface area contributed by atoms with Crippen molar-refractivity contribution >= 4 is 23.1 Å². The van der Waals surface area contributed by atoms with E-state index in [2.05, 4.69) is 5.32 Å². The third-order valence-electron chi connectivity index (χ3n) is 5.88. The molecule has 1 saturated heterocycles. The van der Waals surface area contributed by atoms with Crippen molar-refractivity contribution in [1.29, 1.82) is 0 Å². The predicted molar refractivity (Wildman–Crippen MR) is 124 cm³/mol. The van der Waals surface area contributed by atoms with Crippen LogP contribution in [-0.2, 0) is 11.8 Å². The van der Waals surface area contributed by atoms with Crippen LogP contribution in [0.4, 0.5) is 23.7 Å². The number of amides is 2. The standard InChI is InChI=1S/C24H24F3N3O3S/c1-15-20(16-4-3-5-19(14-16)33-2)29-21(34-15)23(32)10-12-30(13-11-23)22(31)28-18-8-6-17(7-9-18)24(25,26)27/h3-9,14,32H,10-13H2,1-2H3,(H,28,31). The molecule has 2 N–H and O–H groups in total. The summed E-state index contributed by atoms with van der Waals surface area (Å²) in [7, 11) is 1.60. The molecular weight excluding hydrogens is 467 g/mol. The van der Waals surface area contributed by atoms with Gasteiger partial charge < -0.3 is 20.1 Å². The third kappa shape index (κ3) is 5.02. The Labute approximate surface area is 199 Å². The zero-order chi connectivity index (χ0) is 24.5. The second-order valence-corrected chi connectivity index (χ2v) is 9.38. The van der Waals surface area contributed by atoms with E-state index in [1.54, 1.807) is 7.11 Å². The molecule has 1 aliphatic rings. The van der Waals surface area contributed by atoms with Crippen LogP contribution in [0.1, 0.15) is 28.3 Å². The highest BCUT2D eigenvalue weighted by atomic mass is 32.1. The summed E-state index contributed by atoms with van der Waals surface area (Å²) in [6.07, 6.45) is -3.82. The van der Waals surface area contributed by atoms with E-state index in [4.69, 9.17) is 9.72 Å². The number of methoxy groups -OCH3 is 1. The first-order valence-electron chi connectivity index (χ1n) is 10.7. The lowest BCUT2D eigenvalue weighted by atomic mass is 9.92. The zero-order valence-corrected chi connectivity index (χ0v) is 19.5. The minimum Gasteiger partial charge on any atom is -0.497 e. The van der Waals surface area contributed by atoms with E-state index in [1.165, 1.54) is 28.4 Å². The summed E-state index contributed by atoms with van der Waals surface area (Å²) in [4.78, 5) is 19.8. The Balaban J connectivity index is 1.41. The fraction of sp³-hybridized carbons (Fsp3) is 0.333. The number of hydrogen-bond acceptors (Lipinski definition) is 5. The lowest BCUT2D eigenvalue weighted by Gasteiger charge is -2.36. The van der Waals surface area contributed by atoms with Gasteiger partial charge in [-0.1, -0.05) is 12.1 Å². The molecule has 0 atom stereocenters. The average Bonchev–Trinajstić information content (AvgIpc) is 3.22. The van der Waals surface area contributed by atoms with Gasteiger partial charge in [-0.05, 0) is 43.3 Å². The SMILES string of the molecule is COc1cccc(-c2nc(C3(O)CCN(C(=O)Nc4ccc(C(F)(F)F)cc4)CC3)sc2C)c1. The lowest BCUT2D eigenvalue weighted by Crippen LogP contribution is -2.46. The molecule has 34 heavy (non-hydrogen) atoms. The number of carbonyl (C=O) groups is 1. The van der Waals surface area contributed by atoms with Crippen LogP contribution in [0.5, 0.6) is 5.75 Å². The number of likely N-dealkylation sites (tertiary alicyclic amines) is 1. The van der Waals surface area contributed by atoms with Gasteiger partial charge in [-0.3, -0.25) is 0 Å². The number of aliphatic hydroxyl groups is 1. The summed E-state index contributed by atoms with van der Waals surface area (Å²) in [5, 5.41) is 14.5. The minimum absolute atomic E-state index is 0.275. The lowest BCUT2D eigenvalue weighted by molar-refractivity contribution is -0.137. The number of anilines is 1. The maximum absolute atomic E-state index is 12.7. The molecule has 4 rings (SSSR count). The number of aromatic nitrogens is 1. The molecule has 3 aromatic rings. The van der Waals surface area contributed by atoms with E-state index in [0.29, 0.717) is 17.8 Å². The molecule has 180 valence electrons. The number of piperidine rings is 1. The van der Waals surface area contributed by atoms with E-state index in [9.17, 15) is 23.1 Å². The van der Waals surface area contributed by atoms with Crippen LogP contribution in [0, 0.1) is 6.92 Å². The summed E-state index contributed by atoms with van der Waals surface area (Å²) in [5.41, 5.74) is 0.0292. The number of halogens is 3. The van der Waals surface area contributed by atoms with Crippen LogP contribution < -0.4 is 10.1 Å². The fourth-order valence-corrected chi connectivity index (χ4v) is 4.95. The molecule has 1 fully saturated rings. The van der Waals surface area contributed by atoms with Crippen LogP contribution in [0.25, 0.3) is 11.3 Å². The number of aryl methyl sites for hydroxylation is 1. The number of urea groups is 1. The van der Waals surface area contributed by atoms with Gasteiger partial charge in [-0.15, -0.1) is 11.3 Å². The quantitative estimate of drug-likeness (QED) is 0.494. The van der Waals surface area contributed by atoms with Crippen molar-refractivity contribution in [3.05, 3.63) is 64.0 Å². The van der Waals surface area contributed by atoms with Crippen LogP contribution in [0.3, 0.4) is 0 Å². The molecule has 2 heterocycles. The Morgan fingerprint density at radius 3 is 2.47 bits per heavy atom. The Morgan fingerprint density at radius 2 is 1.85 bits per heavy atom.